The van der Waals surface area contributed by atoms with Crippen LogP contribution in [0.5, 0.6) is 0 Å². The predicted molar refractivity (Wildman–Crippen MR) is 121 cm³/mol. The number of nitro groups is 1. The van der Waals surface area contributed by atoms with Gasteiger partial charge in [-0.3, -0.25) is 19.7 Å². The monoisotopic (exact) mass is 466 g/mol. The Kier molecular flexibility index (Phi) is 8.88. The fraction of sp³-hybridized carbons (Fsp3) is 0.571. The van der Waals surface area contributed by atoms with E-state index in [9.17, 15) is 24.5 Å². The number of benzene rings is 1. The standard InChI is InChI=1S/C21H30N4O6S/c1-21(2,3)31-20(28)23-10-9-22-18(26)14-6-5-11-24(13-14)19(27)16-12-15(32-4)7-8-17(16)25(29)30/h7-8,12,14H,5-6,9-11,13H2,1-4H3,(H,22,26)(H,23,28). The van der Waals surface area contributed by atoms with Crippen LogP contribution in [0.25, 0.3) is 0 Å². The Morgan fingerprint density at radius 1 is 1.25 bits per heavy atom. The van der Waals surface area contributed by atoms with Crippen LogP contribution in [0, 0.1) is 16.0 Å². The minimum atomic E-state index is -0.601. The van der Waals surface area contributed by atoms with Crippen molar-refractivity contribution in [1.29, 1.82) is 0 Å². The van der Waals surface area contributed by atoms with E-state index in [2.05, 4.69) is 10.6 Å². The second-order valence-electron chi connectivity index (χ2n) is 8.45. The fourth-order valence-corrected chi connectivity index (χ4v) is 3.77. The van der Waals surface area contributed by atoms with Gasteiger partial charge in [0.15, 0.2) is 0 Å². The molecule has 2 N–H and O–H groups in total. The number of nitro benzene ring substituents is 1. The molecular weight excluding hydrogens is 436 g/mol. The molecule has 3 amide bonds. The first-order valence-corrected chi connectivity index (χ1v) is 11.6. The van der Waals surface area contributed by atoms with Gasteiger partial charge in [-0.25, -0.2) is 4.79 Å². The third-order valence-electron chi connectivity index (χ3n) is 4.80. The van der Waals surface area contributed by atoms with Crippen LogP contribution in [0.15, 0.2) is 23.1 Å². The van der Waals surface area contributed by atoms with Gasteiger partial charge in [0.2, 0.25) is 5.91 Å². The molecule has 1 atom stereocenters. The Balaban J connectivity index is 1.93. The summed E-state index contributed by atoms with van der Waals surface area (Å²) in [5.74, 6) is -1.09. The number of amides is 3. The Morgan fingerprint density at radius 3 is 2.56 bits per heavy atom. The quantitative estimate of drug-likeness (QED) is 0.273. The maximum atomic E-state index is 13.0. The molecule has 1 fully saturated rings. The molecule has 1 aliphatic rings. The van der Waals surface area contributed by atoms with Gasteiger partial charge < -0.3 is 20.3 Å². The number of likely N-dealkylation sites (tertiary alicyclic amines) is 1. The van der Waals surface area contributed by atoms with E-state index in [4.69, 9.17) is 4.74 Å². The number of ether oxygens (including phenoxy) is 1. The molecule has 0 spiro atoms. The van der Waals surface area contributed by atoms with E-state index in [1.165, 1.54) is 28.8 Å². The summed E-state index contributed by atoms with van der Waals surface area (Å²) in [7, 11) is 0. The van der Waals surface area contributed by atoms with Crippen LogP contribution in [-0.2, 0) is 9.53 Å². The number of hydrogen-bond donors (Lipinski definition) is 2. The van der Waals surface area contributed by atoms with E-state index in [0.29, 0.717) is 19.4 Å². The SMILES string of the molecule is CSc1ccc([N+](=O)[O-])c(C(=O)N2CCCC(C(=O)NCCNC(=O)OC(C)(C)C)C2)c1. The number of hydrogen-bond acceptors (Lipinski definition) is 7. The Bertz CT molecular complexity index is 870. The van der Waals surface area contributed by atoms with Crippen molar-refractivity contribution in [3.8, 4) is 0 Å². The molecule has 1 heterocycles. The van der Waals surface area contributed by atoms with Gasteiger partial charge in [-0.1, -0.05) is 0 Å². The van der Waals surface area contributed by atoms with Gasteiger partial charge >= 0.3 is 6.09 Å². The molecule has 0 saturated carbocycles. The second kappa shape index (κ2) is 11.2. The van der Waals surface area contributed by atoms with Gasteiger partial charge in [0.1, 0.15) is 11.2 Å². The minimum absolute atomic E-state index is 0.0319. The summed E-state index contributed by atoms with van der Waals surface area (Å²) in [5, 5.41) is 16.7. The molecular formula is C21H30N4O6S. The summed E-state index contributed by atoms with van der Waals surface area (Å²) in [5.41, 5.74) is -0.812. The zero-order valence-corrected chi connectivity index (χ0v) is 19.6. The van der Waals surface area contributed by atoms with Crippen molar-refractivity contribution in [3.63, 3.8) is 0 Å². The van der Waals surface area contributed by atoms with Crippen LogP contribution < -0.4 is 10.6 Å². The molecule has 1 aromatic carbocycles. The zero-order chi connectivity index (χ0) is 23.9. The van der Waals surface area contributed by atoms with Gasteiger partial charge in [-0.2, -0.15) is 0 Å². The third-order valence-corrected chi connectivity index (χ3v) is 5.53. The van der Waals surface area contributed by atoms with Crippen molar-refractivity contribution in [3.05, 3.63) is 33.9 Å². The molecule has 1 unspecified atom stereocenters. The molecule has 2 rings (SSSR count). The molecule has 32 heavy (non-hydrogen) atoms. The summed E-state index contributed by atoms with van der Waals surface area (Å²) in [6.45, 7) is 6.34. The molecule has 10 nitrogen and oxygen atoms in total. The number of alkyl carbamates (subject to hydrolysis) is 1. The lowest BCUT2D eigenvalue weighted by Gasteiger charge is -2.32. The first-order valence-electron chi connectivity index (χ1n) is 10.4. The van der Waals surface area contributed by atoms with E-state index >= 15 is 0 Å². The average Bonchev–Trinajstić information content (AvgIpc) is 2.74. The van der Waals surface area contributed by atoms with Crippen LogP contribution in [0.2, 0.25) is 0 Å². The number of nitrogens with one attached hydrogen (secondary N) is 2. The summed E-state index contributed by atoms with van der Waals surface area (Å²) >= 11 is 1.39. The van der Waals surface area contributed by atoms with Gasteiger partial charge in [0.25, 0.3) is 11.6 Å². The van der Waals surface area contributed by atoms with Crippen molar-refractivity contribution < 1.29 is 24.0 Å². The number of piperidine rings is 1. The van der Waals surface area contributed by atoms with Crippen LogP contribution in [0.4, 0.5) is 10.5 Å². The lowest BCUT2D eigenvalue weighted by Crippen LogP contribution is -2.46. The van der Waals surface area contributed by atoms with Crippen molar-refractivity contribution in [1.82, 2.24) is 15.5 Å². The summed E-state index contributed by atoms with van der Waals surface area (Å²) in [4.78, 5) is 50.3. The number of thioether (sulfide) groups is 1. The van der Waals surface area contributed by atoms with Crippen LogP contribution in [-0.4, -0.2) is 65.8 Å². The van der Waals surface area contributed by atoms with Gasteiger partial charge in [-0.05, 0) is 52.0 Å². The number of nitrogens with zero attached hydrogens (tertiary/aromatic N) is 2. The van der Waals surface area contributed by atoms with Gasteiger partial charge in [0.05, 0.1) is 10.8 Å². The van der Waals surface area contributed by atoms with Crippen molar-refractivity contribution >= 4 is 35.4 Å². The number of carbonyl (C=O) groups is 3. The van der Waals surface area contributed by atoms with E-state index in [0.717, 1.165) is 4.90 Å². The Morgan fingerprint density at radius 2 is 1.94 bits per heavy atom. The highest BCUT2D eigenvalue weighted by Crippen LogP contribution is 2.27. The highest BCUT2D eigenvalue weighted by Gasteiger charge is 2.31. The smallest absolute Gasteiger partial charge is 0.407 e. The molecule has 0 aromatic heterocycles. The molecule has 1 aromatic rings. The van der Waals surface area contributed by atoms with Crippen LogP contribution >= 0.6 is 11.8 Å². The van der Waals surface area contributed by atoms with Gasteiger partial charge in [-0.15, -0.1) is 11.8 Å². The molecule has 1 aliphatic heterocycles. The first kappa shape index (κ1) is 25.4. The lowest BCUT2D eigenvalue weighted by molar-refractivity contribution is -0.385. The van der Waals surface area contributed by atoms with Crippen LogP contribution in [0.3, 0.4) is 0 Å². The largest absolute Gasteiger partial charge is 0.444 e. The van der Waals surface area contributed by atoms with E-state index in [-0.39, 0.29) is 36.8 Å². The normalized spacial score (nSPS) is 16.2. The van der Waals surface area contributed by atoms with Crippen molar-refractivity contribution in [2.45, 2.75) is 44.1 Å². The molecule has 11 heteroatoms. The minimum Gasteiger partial charge on any atom is -0.444 e. The first-order chi connectivity index (χ1) is 15.0. The predicted octanol–water partition coefficient (Wildman–Crippen LogP) is 2.81. The third kappa shape index (κ3) is 7.40. The molecule has 0 radical (unpaired) electrons. The zero-order valence-electron chi connectivity index (χ0n) is 18.8. The van der Waals surface area contributed by atoms with Crippen molar-refractivity contribution in [2.75, 3.05) is 32.4 Å². The average molecular weight is 467 g/mol. The number of carbonyl (C=O) groups excluding carboxylic acids is 3. The highest BCUT2D eigenvalue weighted by molar-refractivity contribution is 7.98. The maximum Gasteiger partial charge on any atom is 0.407 e. The second-order valence-corrected chi connectivity index (χ2v) is 9.33. The van der Waals surface area contributed by atoms with E-state index in [1.807, 2.05) is 6.26 Å². The molecule has 0 aliphatic carbocycles. The van der Waals surface area contributed by atoms with E-state index < -0.39 is 28.4 Å². The summed E-state index contributed by atoms with van der Waals surface area (Å²) in [6.07, 6.45) is 2.50. The molecule has 1 saturated heterocycles. The van der Waals surface area contributed by atoms with Crippen LogP contribution in [0.1, 0.15) is 44.0 Å². The van der Waals surface area contributed by atoms with Crippen molar-refractivity contribution in [2.24, 2.45) is 5.92 Å². The van der Waals surface area contributed by atoms with E-state index in [1.54, 1.807) is 26.8 Å². The summed E-state index contributed by atoms with van der Waals surface area (Å²) in [6, 6.07) is 4.47. The number of rotatable bonds is 7. The fourth-order valence-electron chi connectivity index (χ4n) is 3.33. The molecule has 0 bridgehead atoms. The highest BCUT2D eigenvalue weighted by atomic mass is 32.2. The summed E-state index contributed by atoms with van der Waals surface area (Å²) < 4.78 is 5.13. The Labute approximate surface area is 191 Å². The topological polar surface area (TPSA) is 131 Å². The Hall–Kier alpha value is -2.82. The lowest BCUT2D eigenvalue weighted by atomic mass is 9.96. The molecule has 176 valence electrons. The maximum absolute atomic E-state index is 13.0. The van der Waals surface area contributed by atoms with Gasteiger partial charge in [0, 0.05) is 37.1 Å².